The molecule has 1 saturated heterocycles. The highest BCUT2D eigenvalue weighted by atomic mass is 16.5. The van der Waals surface area contributed by atoms with Gasteiger partial charge in [-0.3, -0.25) is 10.1 Å². The minimum absolute atomic E-state index is 0.0836. The highest BCUT2D eigenvalue weighted by Crippen LogP contribution is 2.27. The molecule has 4 heteroatoms. The molecule has 1 N–H and O–H groups in total. The summed E-state index contributed by atoms with van der Waals surface area (Å²) in [7, 11) is 0. The lowest BCUT2D eigenvalue weighted by Crippen LogP contribution is -2.51. The lowest BCUT2D eigenvalue weighted by Gasteiger charge is -2.30. The van der Waals surface area contributed by atoms with Crippen LogP contribution in [0.2, 0.25) is 0 Å². The molecule has 1 aliphatic heterocycles. The summed E-state index contributed by atoms with van der Waals surface area (Å²) in [5.41, 5.74) is -0.508. The average molecular weight is 296 g/mol. The molecule has 0 radical (unpaired) electrons. The summed E-state index contributed by atoms with van der Waals surface area (Å²) in [5, 5.41) is 3.50. The van der Waals surface area contributed by atoms with Gasteiger partial charge in [-0.25, -0.2) is 0 Å². The first kappa shape index (κ1) is 16.8. The fraction of sp³-hybridized carbons (Fsp3) is 0.941. The van der Waals surface area contributed by atoms with Crippen LogP contribution in [0.15, 0.2) is 0 Å². The predicted molar refractivity (Wildman–Crippen MR) is 85.2 cm³/mol. The molecule has 2 fully saturated rings. The molecule has 0 aromatic rings. The minimum Gasteiger partial charge on any atom is -0.465 e. The number of nitrogens with zero attached hydrogens (tertiary/aromatic N) is 1. The van der Waals surface area contributed by atoms with Gasteiger partial charge in [-0.1, -0.05) is 6.92 Å². The fourth-order valence-corrected chi connectivity index (χ4v) is 3.54. The van der Waals surface area contributed by atoms with Crippen molar-refractivity contribution in [1.82, 2.24) is 10.2 Å². The number of esters is 1. The Morgan fingerprint density at radius 1 is 1.38 bits per heavy atom. The molecule has 3 unspecified atom stereocenters. The van der Waals surface area contributed by atoms with Crippen LogP contribution in [0, 0.1) is 5.92 Å². The largest absolute Gasteiger partial charge is 0.465 e. The molecule has 3 atom stereocenters. The Balaban J connectivity index is 1.82. The second kappa shape index (κ2) is 7.10. The Morgan fingerprint density at radius 2 is 2.10 bits per heavy atom. The fourth-order valence-electron chi connectivity index (χ4n) is 3.54. The van der Waals surface area contributed by atoms with Crippen molar-refractivity contribution < 1.29 is 9.53 Å². The Kier molecular flexibility index (Phi) is 5.67. The third-order valence-corrected chi connectivity index (χ3v) is 4.86. The molecule has 1 saturated carbocycles. The molecular weight excluding hydrogens is 264 g/mol. The summed E-state index contributed by atoms with van der Waals surface area (Å²) in [6.45, 7) is 11.3. The van der Waals surface area contributed by atoms with Gasteiger partial charge in [0.25, 0.3) is 0 Å². The van der Waals surface area contributed by atoms with Crippen molar-refractivity contribution in [3.63, 3.8) is 0 Å². The summed E-state index contributed by atoms with van der Waals surface area (Å²) >= 11 is 0. The number of carbonyl (C=O) groups excluding carboxylic acids is 1. The maximum absolute atomic E-state index is 12.3. The van der Waals surface area contributed by atoms with Crippen LogP contribution in [0.5, 0.6) is 0 Å². The number of carbonyl (C=O) groups is 1. The van der Waals surface area contributed by atoms with Crippen LogP contribution in [0.1, 0.15) is 59.8 Å². The van der Waals surface area contributed by atoms with Gasteiger partial charge in [0, 0.05) is 18.6 Å². The first-order valence-corrected chi connectivity index (χ1v) is 8.63. The van der Waals surface area contributed by atoms with Gasteiger partial charge in [-0.05, 0) is 65.3 Å². The molecule has 2 rings (SSSR count). The maximum Gasteiger partial charge on any atom is 0.326 e. The Morgan fingerprint density at radius 3 is 2.62 bits per heavy atom. The monoisotopic (exact) mass is 296 g/mol. The van der Waals surface area contributed by atoms with E-state index in [-0.39, 0.29) is 5.97 Å². The van der Waals surface area contributed by atoms with E-state index in [4.69, 9.17) is 4.74 Å². The molecule has 2 aliphatic rings. The number of likely N-dealkylation sites (tertiary alicyclic amines) is 1. The summed E-state index contributed by atoms with van der Waals surface area (Å²) in [5.74, 6) is 0.723. The van der Waals surface area contributed by atoms with Gasteiger partial charge in [0.2, 0.25) is 0 Å². The zero-order valence-corrected chi connectivity index (χ0v) is 14.2. The van der Waals surface area contributed by atoms with Gasteiger partial charge in [-0.15, -0.1) is 0 Å². The van der Waals surface area contributed by atoms with Crippen molar-refractivity contribution in [2.45, 2.75) is 77.4 Å². The normalized spacial score (nSPS) is 29.3. The molecule has 0 bridgehead atoms. The van der Waals surface area contributed by atoms with E-state index in [1.54, 1.807) is 0 Å². The van der Waals surface area contributed by atoms with Gasteiger partial charge < -0.3 is 9.64 Å². The summed E-state index contributed by atoms with van der Waals surface area (Å²) in [6.07, 6.45) is 5.59. The van der Waals surface area contributed by atoms with E-state index in [2.05, 4.69) is 24.1 Å². The molecule has 1 heterocycles. The molecule has 21 heavy (non-hydrogen) atoms. The van der Waals surface area contributed by atoms with Gasteiger partial charge in [0.05, 0.1) is 6.61 Å². The summed E-state index contributed by atoms with van der Waals surface area (Å²) < 4.78 is 5.28. The predicted octanol–water partition coefficient (Wildman–Crippen LogP) is 2.57. The highest BCUT2D eigenvalue weighted by Gasteiger charge is 2.39. The van der Waals surface area contributed by atoms with Crippen LogP contribution in [-0.4, -0.2) is 48.2 Å². The van der Waals surface area contributed by atoms with Crippen LogP contribution in [0.25, 0.3) is 0 Å². The molecule has 4 nitrogen and oxygen atoms in total. The van der Waals surface area contributed by atoms with E-state index in [9.17, 15) is 4.79 Å². The van der Waals surface area contributed by atoms with Crippen molar-refractivity contribution in [1.29, 1.82) is 0 Å². The lowest BCUT2D eigenvalue weighted by molar-refractivity contribution is -0.151. The molecular formula is C17H32N2O2. The first-order valence-electron chi connectivity index (χ1n) is 8.63. The van der Waals surface area contributed by atoms with Crippen LogP contribution in [-0.2, 0) is 9.53 Å². The summed E-state index contributed by atoms with van der Waals surface area (Å²) in [4.78, 5) is 14.8. The maximum atomic E-state index is 12.3. The molecule has 0 spiro atoms. The van der Waals surface area contributed by atoms with E-state index < -0.39 is 5.54 Å². The summed E-state index contributed by atoms with van der Waals surface area (Å²) in [6, 6.07) is 1.20. The van der Waals surface area contributed by atoms with E-state index in [1.807, 2.05) is 13.8 Å². The Labute approximate surface area is 129 Å². The Bertz CT molecular complexity index is 357. The number of nitrogens with one attached hydrogen (secondary N) is 1. The van der Waals surface area contributed by atoms with E-state index in [1.165, 1.54) is 25.8 Å². The number of hydrogen-bond donors (Lipinski definition) is 1. The average Bonchev–Trinajstić information content (AvgIpc) is 3.15. The van der Waals surface area contributed by atoms with Crippen LogP contribution in [0.3, 0.4) is 0 Å². The second-order valence-corrected chi connectivity index (χ2v) is 7.26. The Hall–Kier alpha value is -0.610. The molecule has 0 amide bonds. The van der Waals surface area contributed by atoms with E-state index in [0.29, 0.717) is 18.7 Å². The van der Waals surface area contributed by atoms with Gasteiger partial charge >= 0.3 is 5.97 Å². The van der Waals surface area contributed by atoms with E-state index in [0.717, 1.165) is 25.3 Å². The lowest BCUT2D eigenvalue weighted by atomic mass is 9.95. The smallest absolute Gasteiger partial charge is 0.326 e. The quantitative estimate of drug-likeness (QED) is 0.699. The third-order valence-electron chi connectivity index (χ3n) is 4.86. The standard InChI is InChI=1S/C17H32N2O2/c1-5-21-16(20)17(4,18-15-7-8-15)9-6-10-19-12-13(2)11-14(19)3/h13-15,18H,5-12H2,1-4H3. The third kappa shape index (κ3) is 4.68. The van der Waals surface area contributed by atoms with Crippen LogP contribution >= 0.6 is 0 Å². The van der Waals surface area contributed by atoms with Crippen LogP contribution < -0.4 is 5.32 Å². The van der Waals surface area contributed by atoms with Crippen molar-refractivity contribution in [3.8, 4) is 0 Å². The van der Waals surface area contributed by atoms with Crippen LogP contribution in [0.4, 0.5) is 0 Å². The van der Waals surface area contributed by atoms with Crippen molar-refractivity contribution in [2.24, 2.45) is 5.92 Å². The second-order valence-electron chi connectivity index (χ2n) is 7.26. The van der Waals surface area contributed by atoms with Gasteiger partial charge in [0.1, 0.15) is 5.54 Å². The minimum atomic E-state index is -0.508. The topological polar surface area (TPSA) is 41.6 Å². The van der Waals surface area contributed by atoms with Gasteiger partial charge in [0.15, 0.2) is 0 Å². The SMILES string of the molecule is CCOC(=O)C(C)(CCCN1CC(C)CC1C)NC1CC1. The number of rotatable bonds is 8. The first-order chi connectivity index (χ1) is 9.94. The van der Waals surface area contributed by atoms with Gasteiger partial charge in [-0.2, -0.15) is 0 Å². The zero-order valence-electron chi connectivity index (χ0n) is 14.2. The molecule has 122 valence electrons. The van der Waals surface area contributed by atoms with Crippen molar-refractivity contribution in [2.75, 3.05) is 19.7 Å². The number of hydrogen-bond acceptors (Lipinski definition) is 4. The van der Waals surface area contributed by atoms with Crippen molar-refractivity contribution in [3.05, 3.63) is 0 Å². The van der Waals surface area contributed by atoms with Crippen molar-refractivity contribution >= 4 is 5.97 Å². The molecule has 0 aromatic carbocycles. The molecule has 0 aromatic heterocycles. The highest BCUT2D eigenvalue weighted by molar-refractivity contribution is 5.80. The van der Waals surface area contributed by atoms with E-state index >= 15 is 0 Å². The number of ether oxygens (including phenoxy) is 1. The molecule has 1 aliphatic carbocycles. The zero-order chi connectivity index (χ0) is 15.5.